The van der Waals surface area contributed by atoms with Gasteiger partial charge in [0.05, 0.1) is 26.4 Å². The molecule has 1 amide bonds. The molecule has 2 aromatic carbocycles. The first-order valence-corrected chi connectivity index (χ1v) is 14.0. The second-order valence-electron chi connectivity index (χ2n) is 9.15. The van der Waals surface area contributed by atoms with Gasteiger partial charge in [0, 0.05) is 30.6 Å². The van der Waals surface area contributed by atoms with E-state index in [9.17, 15) is 29.1 Å². The van der Waals surface area contributed by atoms with Crippen molar-refractivity contribution >= 4 is 42.4 Å². The first-order chi connectivity index (χ1) is 21.4. The molecule has 0 aliphatic carbocycles. The van der Waals surface area contributed by atoms with E-state index in [1.54, 1.807) is 36.4 Å². The lowest BCUT2D eigenvalue weighted by Gasteiger charge is -2.15. The third-order valence-corrected chi connectivity index (χ3v) is 5.67. The summed E-state index contributed by atoms with van der Waals surface area (Å²) < 4.78 is 29.2. The molecule has 0 saturated heterocycles. The summed E-state index contributed by atoms with van der Waals surface area (Å²) >= 11 is 0. The highest BCUT2D eigenvalue weighted by Gasteiger charge is 2.12. The monoisotopic (exact) mass is 618 g/mol. The Bertz CT molecular complexity index is 1180. The average Bonchev–Trinajstić information content (AvgIpc) is 2.99. The highest BCUT2D eigenvalue weighted by Crippen LogP contribution is 2.18. The van der Waals surface area contributed by atoms with Gasteiger partial charge in [-0.2, -0.15) is 0 Å². The summed E-state index contributed by atoms with van der Waals surface area (Å²) in [5.41, 5.74) is 2.88. The van der Waals surface area contributed by atoms with Crippen LogP contribution in [0.3, 0.4) is 0 Å². The number of unbranched alkanes of at least 4 members (excludes halogenated alkanes) is 1. The number of hydrogen-bond donors (Lipinski definition) is 3. The lowest BCUT2D eigenvalue weighted by atomic mass is 10.0. The quantitative estimate of drug-likeness (QED) is 0.0543. The molecule has 0 saturated carbocycles. The molecular formula is C30H38N2O12. The number of benzene rings is 2. The maximum Gasteiger partial charge on any atom is 0.411 e. The fourth-order valence-electron chi connectivity index (χ4n) is 3.71. The van der Waals surface area contributed by atoms with Gasteiger partial charge in [-0.1, -0.05) is 24.3 Å². The third-order valence-electron chi connectivity index (χ3n) is 5.67. The van der Waals surface area contributed by atoms with Crippen LogP contribution in [0.2, 0.25) is 0 Å². The van der Waals surface area contributed by atoms with Crippen LogP contribution in [0.5, 0.6) is 0 Å². The van der Waals surface area contributed by atoms with E-state index in [4.69, 9.17) is 18.9 Å². The van der Waals surface area contributed by atoms with Gasteiger partial charge in [-0.25, -0.2) is 4.79 Å². The minimum absolute atomic E-state index is 0.0123. The second kappa shape index (κ2) is 21.9. The number of hydrogen-bond acceptors (Lipinski definition) is 13. The van der Waals surface area contributed by atoms with Gasteiger partial charge >= 0.3 is 18.0 Å². The first kappa shape index (κ1) is 35.5. The maximum absolute atomic E-state index is 12.1. The zero-order valence-electron chi connectivity index (χ0n) is 24.3. The number of aliphatic hydroxyl groups excluding tert-OH is 1. The minimum Gasteiger partial charge on any atom is -0.468 e. The zero-order valence-corrected chi connectivity index (χ0v) is 24.3. The van der Waals surface area contributed by atoms with E-state index in [0.717, 1.165) is 11.1 Å². The van der Waals surface area contributed by atoms with Crippen molar-refractivity contribution in [2.24, 2.45) is 0 Å². The summed E-state index contributed by atoms with van der Waals surface area (Å²) in [4.78, 5) is 55.9. The van der Waals surface area contributed by atoms with Crippen molar-refractivity contribution in [3.63, 3.8) is 0 Å². The van der Waals surface area contributed by atoms with Gasteiger partial charge < -0.3 is 38.8 Å². The number of carbonyl (C=O) groups excluding carboxylic acids is 5. The van der Waals surface area contributed by atoms with Crippen LogP contribution in [0.1, 0.15) is 43.2 Å². The van der Waals surface area contributed by atoms with Crippen LogP contribution < -0.4 is 10.6 Å². The molecule has 14 heteroatoms. The lowest BCUT2D eigenvalue weighted by molar-refractivity contribution is -0.163. The maximum atomic E-state index is 12.1. The Morgan fingerprint density at radius 2 is 1.36 bits per heavy atom. The molecule has 0 aliphatic heterocycles. The summed E-state index contributed by atoms with van der Waals surface area (Å²) in [6, 6.07) is 14.4. The topological polar surface area (TPSA) is 185 Å². The molecule has 1 atom stereocenters. The predicted octanol–water partition coefficient (Wildman–Crippen LogP) is 2.91. The highest BCUT2D eigenvalue weighted by atomic mass is 16.7. The summed E-state index contributed by atoms with van der Waals surface area (Å²) in [7, 11) is 0. The van der Waals surface area contributed by atoms with Gasteiger partial charge in [-0.05, 0) is 54.7 Å². The number of carbonyl (C=O) groups is 5. The minimum atomic E-state index is -1.57. The van der Waals surface area contributed by atoms with Crippen molar-refractivity contribution in [1.82, 2.24) is 0 Å². The van der Waals surface area contributed by atoms with E-state index in [0.29, 0.717) is 50.0 Å². The summed E-state index contributed by atoms with van der Waals surface area (Å²) in [6.45, 7) is 1.53. The van der Waals surface area contributed by atoms with Crippen molar-refractivity contribution in [2.45, 2.75) is 44.9 Å². The number of aliphatic hydroxyl groups is 1. The van der Waals surface area contributed by atoms with E-state index in [-0.39, 0.29) is 52.5 Å². The molecule has 1 unspecified atom stereocenters. The standard InChI is InChI=1S/C30H38N2O12/c33-21-40-12-5-13-43-29(37)31-25-8-3-6-23(19-25)18-24-7-4-9-26(20-24)32-30(38)44-28(36)11-2-1-10-27(35)42-17-16-39-14-15-41-22-34/h3-4,6-9,19-22,30,32,38H,1-2,5,10-18H2,(H,31,37). The van der Waals surface area contributed by atoms with Gasteiger partial charge in [-0.3, -0.25) is 24.5 Å². The second-order valence-corrected chi connectivity index (χ2v) is 9.15. The zero-order chi connectivity index (χ0) is 31.8. The Morgan fingerprint density at radius 3 is 2.09 bits per heavy atom. The van der Waals surface area contributed by atoms with Gasteiger partial charge in [-0.15, -0.1) is 0 Å². The van der Waals surface area contributed by atoms with Gasteiger partial charge in [0.1, 0.15) is 13.2 Å². The SMILES string of the molecule is O=COCCCOC(=O)Nc1cccc(Cc2cccc(NC(O)OC(=O)CCCCC(=O)OCCOCCOC=O)c2)c1. The molecule has 2 rings (SSSR count). The smallest absolute Gasteiger partial charge is 0.411 e. The number of esters is 2. The number of nitrogens with one attached hydrogen (secondary N) is 2. The number of rotatable bonds is 23. The van der Waals surface area contributed by atoms with Crippen LogP contribution in [-0.2, 0) is 54.0 Å². The Kier molecular flexibility index (Phi) is 17.7. The average molecular weight is 619 g/mol. The van der Waals surface area contributed by atoms with Gasteiger partial charge in [0.25, 0.3) is 19.4 Å². The molecule has 2 aromatic rings. The van der Waals surface area contributed by atoms with Crippen LogP contribution in [-0.4, -0.2) is 82.1 Å². The molecule has 0 aliphatic rings. The van der Waals surface area contributed by atoms with E-state index in [1.807, 2.05) is 12.1 Å². The van der Waals surface area contributed by atoms with Crippen LogP contribution in [0.4, 0.5) is 16.2 Å². The fraction of sp³-hybridized carbons (Fsp3) is 0.433. The van der Waals surface area contributed by atoms with Crippen molar-refractivity contribution in [3.8, 4) is 0 Å². The molecule has 3 N–H and O–H groups in total. The Morgan fingerprint density at radius 1 is 0.727 bits per heavy atom. The van der Waals surface area contributed by atoms with E-state index >= 15 is 0 Å². The van der Waals surface area contributed by atoms with Crippen LogP contribution in [0.25, 0.3) is 0 Å². The lowest BCUT2D eigenvalue weighted by Crippen LogP contribution is -2.25. The Balaban J connectivity index is 1.67. The van der Waals surface area contributed by atoms with Crippen molar-refractivity contribution in [1.29, 1.82) is 0 Å². The number of amides is 1. The summed E-state index contributed by atoms with van der Waals surface area (Å²) in [5.74, 6) is -1.05. The Labute approximate surface area is 254 Å². The van der Waals surface area contributed by atoms with Crippen LogP contribution >= 0.6 is 0 Å². The molecule has 44 heavy (non-hydrogen) atoms. The predicted molar refractivity (Wildman–Crippen MR) is 155 cm³/mol. The van der Waals surface area contributed by atoms with Crippen LogP contribution in [0, 0.1) is 0 Å². The van der Waals surface area contributed by atoms with Gasteiger partial charge in [0.2, 0.25) is 0 Å². The van der Waals surface area contributed by atoms with E-state index < -0.39 is 24.4 Å². The molecule has 14 nitrogen and oxygen atoms in total. The number of anilines is 2. The Hall–Kier alpha value is -4.69. The van der Waals surface area contributed by atoms with E-state index in [2.05, 4.69) is 20.1 Å². The number of ether oxygens (including phenoxy) is 6. The van der Waals surface area contributed by atoms with E-state index in [1.165, 1.54) is 0 Å². The fourth-order valence-corrected chi connectivity index (χ4v) is 3.71. The molecule has 0 radical (unpaired) electrons. The molecule has 240 valence electrons. The first-order valence-electron chi connectivity index (χ1n) is 14.0. The largest absolute Gasteiger partial charge is 0.468 e. The molecule has 0 heterocycles. The molecule has 0 bridgehead atoms. The molecule has 0 spiro atoms. The summed E-state index contributed by atoms with van der Waals surface area (Å²) in [6.07, 6.45) is -0.364. The van der Waals surface area contributed by atoms with Crippen LogP contribution in [0.15, 0.2) is 48.5 Å². The van der Waals surface area contributed by atoms with Crippen molar-refractivity contribution in [3.05, 3.63) is 59.7 Å². The van der Waals surface area contributed by atoms with Gasteiger partial charge in [0.15, 0.2) is 0 Å². The molecule has 0 aromatic heterocycles. The van der Waals surface area contributed by atoms with Crippen molar-refractivity contribution < 1.29 is 57.5 Å². The normalized spacial score (nSPS) is 11.0. The summed E-state index contributed by atoms with van der Waals surface area (Å²) in [5, 5.41) is 15.5. The third kappa shape index (κ3) is 16.7. The van der Waals surface area contributed by atoms with Crippen molar-refractivity contribution in [2.75, 3.05) is 50.3 Å². The molecule has 0 fully saturated rings. The molecular weight excluding hydrogens is 580 g/mol. The highest BCUT2D eigenvalue weighted by molar-refractivity contribution is 5.84.